The van der Waals surface area contributed by atoms with Crippen LogP contribution in [-0.2, 0) is 18.9 Å². The maximum absolute atomic E-state index is 12.1. The molecule has 0 aromatic heterocycles. The van der Waals surface area contributed by atoms with Gasteiger partial charge in [0.2, 0.25) is 0 Å². The zero-order valence-electron chi connectivity index (χ0n) is 18.7. The fraction of sp³-hybridized carbons (Fsp3) is 0.727. The van der Waals surface area contributed by atoms with Gasteiger partial charge in [-0.15, -0.1) is 13.2 Å². The SMILES string of the molecule is C=CCOCCOC(=O)NCC1(C)CC(NC(=O)OCCOCC=C)CC(C)(C)C1. The van der Waals surface area contributed by atoms with Crippen LogP contribution in [0.5, 0.6) is 0 Å². The predicted octanol–water partition coefficient (Wildman–Crippen LogP) is 3.43. The van der Waals surface area contributed by atoms with Gasteiger partial charge >= 0.3 is 12.2 Å². The van der Waals surface area contributed by atoms with Crippen LogP contribution in [0.3, 0.4) is 0 Å². The number of ether oxygens (including phenoxy) is 4. The van der Waals surface area contributed by atoms with E-state index in [4.69, 9.17) is 18.9 Å². The van der Waals surface area contributed by atoms with E-state index in [-0.39, 0.29) is 30.1 Å². The van der Waals surface area contributed by atoms with Crippen LogP contribution in [0.4, 0.5) is 9.59 Å². The predicted molar refractivity (Wildman–Crippen MR) is 115 cm³/mol. The molecule has 1 fully saturated rings. The Kier molecular flexibility index (Phi) is 11.5. The third-order valence-electron chi connectivity index (χ3n) is 4.82. The van der Waals surface area contributed by atoms with Crippen LogP contribution in [0.15, 0.2) is 25.3 Å². The molecule has 2 atom stereocenters. The molecule has 0 radical (unpaired) electrons. The fourth-order valence-electron chi connectivity index (χ4n) is 4.14. The van der Waals surface area contributed by atoms with Crippen molar-refractivity contribution in [2.24, 2.45) is 10.8 Å². The maximum atomic E-state index is 12.1. The summed E-state index contributed by atoms with van der Waals surface area (Å²) in [7, 11) is 0. The Morgan fingerprint density at radius 1 is 0.933 bits per heavy atom. The first-order valence-corrected chi connectivity index (χ1v) is 10.4. The normalized spacial score (nSPS) is 22.6. The third kappa shape index (κ3) is 11.2. The average Bonchev–Trinajstić information content (AvgIpc) is 2.64. The molecular weight excluding hydrogens is 388 g/mol. The molecule has 1 aliphatic rings. The Bertz CT molecular complexity index is 566. The standard InChI is InChI=1S/C22H38N2O6/c1-6-8-27-10-12-29-19(25)23-17-22(5)15-18(14-21(3,4)16-22)24-20(26)30-13-11-28-9-7-2/h6-7,18H,1-2,8-17H2,3-5H3,(H,23,25)(H,24,26). The van der Waals surface area contributed by atoms with Crippen molar-refractivity contribution in [3.63, 3.8) is 0 Å². The van der Waals surface area contributed by atoms with Gasteiger partial charge < -0.3 is 29.6 Å². The summed E-state index contributed by atoms with van der Waals surface area (Å²) in [6, 6.07) is -0.0366. The topological polar surface area (TPSA) is 95.1 Å². The summed E-state index contributed by atoms with van der Waals surface area (Å²) in [5, 5.41) is 5.80. The largest absolute Gasteiger partial charge is 0.447 e. The molecule has 30 heavy (non-hydrogen) atoms. The van der Waals surface area contributed by atoms with Crippen molar-refractivity contribution in [1.29, 1.82) is 0 Å². The van der Waals surface area contributed by atoms with Gasteiger partial charge in [0, 0.05) is 12.6 Å². The summed E-state index contributed by atoms with van der Waals surface area (Å²) in [6.45, 7) is 15.9. The number of amides is 2. The summed E-state index contributed by atoms with van der Waals surface area (Å²) in [5.41, 5.74) is -0.159. The minimum atomic E-state index is -0.467. The second kappa shape index (κ2) is 13.3. The monoisotopic (exact) mass is 426 g/mol. The molecule has 0 aliphatic heterocycles. The Morgan fingerprint density at radius 2 is 1.50 bits per heavy atom. The van der Waals surface area contributed by atoms with E-state index >= 15 is 0 Å². The van der Waals surface area contributed by atoms with Gasteiger partial charge in [-0.1, -0.05) is 32.9 Å². The molecule has 0 heterocycles. The minimum Gasteiger partial charge on any atom is -0.447 e. The number of hydrogen-bond acceptors (Lipinski definition) is 6. The van der Waals surface area contributed by atoms with Gasteiger partial charge in [-0.05, 0) is 30.1 Å². The molecule has 0 aromatic carbocycles. The number of carbonyl (C=O) groups is 2. The minimum absolute atomic E-state index is 0.0160. The van der Waals surface area contributed by atoms with Gasteiger partial charge in [-0.2, -0.15) is 0 Å². The number of alkyl carbamates (subject to hydrolysis) is 2. The van der Waals surface area contributed by atoms with Gasteiger partial charge in [-0.25, -0.2) is 9.59 Å². The smallest absolute Gasteiger partial charge is 0.407 e. The quantitative estimate of drug-likeness (QED) is 0.346. The highest BCUT2D eigenvalue weighted by molar-refractivity contribution is 5.68. The van der Waals surface area contributed by atoms with Crippen LogP contribution in [0.1, 0.15) is 40.0 Å². The first-order valence-electron chi connectivity index (χ1n) is 10.4. The molecule has 2 N–H and O–H groups in total. The Morgan fingerprint density at radius 3 is 2.07 bits per heavy atom. The van der Waals surface area contributed by atoms with Crippen molar-refractivity contribution in [2.45, 2.75) is 46.1 Å². The number of hydrogen-bond donors (Lipinski definition) is 2. The van der Waals surface area contributed by atoms with E-state index in [1.165, 1.54) is 0 Å². The van der Waals surface area contributed by atoms with Gasteiger partial charge in [0.15, 0.2) is 0 Å². The Labute approximate surface area is 180 Å². The Balaban J connectivity index is 2.43. The lowest BCUT2D eigenvalue weighted by Gasteiger charge is -2.46. The summed E-state index contributed by atoms with van der Waals surface area (Å²) in [4.78, 5) is 24.1. The summed E-state index contributed by atoms with van der Waals surface area (Å²) in [6.07, 6.45) is 4.87. The van der Waals surface area contributed by atoms with Gasteiger partial charge in [0.05, 0.1) is 26.4 Å². The number of nitrogens with one attached hydrogen (secondary N) is 2. The molecule has 2 unspecified atom stereocenters. The third-order valence-corrected chi connectivity index (χ3v) is 4.82. The van der Waals surface area contributed by atoms with Crippen LogP contribution in [-0.4, -0.2) is 64.4 Å². The summed E-state index contributed by atoms with van der Waals surface area (Å²) >= 11 is 0. The van der Waals surface area contributed by atoms with Gasteiger partial charge in [0.1, 0.15) is 13.2 Å². The van der Waals surface area contributed by atoms with E-state index in [9.17, 15) is 9.59 Å². The second-order valence-corrected chi connectivity index (χ2v) is 8.75. The van der Waals surface area contributed by atoms with E-state index in [1.54, 1.807) is 12.2 Å². The molecule has 172 valence electrons. The van der Waals surface area contributed by atoms with Crippen LogP contribution >= 0.6 is 0 Å². The van der Waals surface area contributed by atoms with E-state index in [0.29, 0.717) is 33.0 Å². The van der Waals surface area contributed by atoms with E-state index < -0.39 is 12.2 Å². The van der Waals surface area contributed by atoms with Crippen molar-refractivity contribution < 1.29 is 28.5 Å². The average molecular weight is 427 g/mol. The van der Waals surface area contributed by atoms with Crippen LogP contribution in [0, 0.1) is 10.8 Å². The second-order valence-electron chi connectivity index (χ2n) is 8.75. The van der Waals surface area contributed by atoms with Gasteiger partial charge in [-0.3, -0.25) is 0 Å². The Hall–Kier alpha value is -2.06. The highest BCUT2D eigenvalue weighted by Gasteiger charge is 2.42. The van der Waals surface area contributed by atoms with E-state index in [2.05, 4.69) is 44.6 Å². The van der Waals surface area contributed by atoms with E-state index in [0.717, 1.165) is 19.3 Å². The first kappa shape index (κ1) is 26.0. The maximum Gasteiger partial charge on any atom is 0.407 e. The van der Waals surface area contributed by atoms with Crippen LogP contribution in [0.2, 0.25) is 0 Å². The number of carbonyl (C=O) groups excluding carboxylic acids is 2. The molecule has 0 saturated heterocycles. The summed E-state index contributed by atoms with van der Waals surface area (Å²) in [5.74, 6) is 0. The fourth-order valence-corrected chi connectivity index (χ4v) is 4.14. The van der Waals surface area contributed by atoms with Crippen LogP contribution in [0.25, 0.3) is 0 Å². The first-order chi connectivity index (χ1) is 14.2. The molecule has 1 saturated carbocycles. The van der Waals surface area contributed by atoms with Crippen molar-refractivity contribution in [2.75, 3.05) is 46.2 Å². The lowest BCUT2D eigenvalue weighted by Crippen LogP contribution is -2.50. The molecule has 0 spiro atoms. The molecule has 0 bridgehead atoms. The molecule has 1 rings (SSSR count). The van der Waals surface area contributed by atoms with E-state index in [1.807, 2.05) is 0 Å². The van der Waals surface area contributed by atoms with Gasteiger partial charge in [0.25, 0.3) is 0 Å². The molecule has 8 heteroatoms. The number of rotatable bonds is 13. The zero-order valence-corrected chi connectivity index (χ0v) is 18.7. The molecular formula is C22H38N2O6. The lowest BCUT2D eigenvalue weighted by atomic mass is 9.62. The molecule has 0 aromatic rings. The van der Waals surface area contributed by atoms with Crippen LogP contribution < -0.4 is 10.6 Å². The zero-order chi connectivity index (χ0) is 22.5. The molecule has 1 aliphatic carbocycles. The summed E-state index contributed by atoms with van der Waals surface area (Å²) < 4.78 is 20.7. The molecule has 8 nitrogen and oxygen atoms in total. The van der Waals surface area contributed by atoms with Crippen molar-refractivity contribution in [3.05, 3.63) is 25.3 Å². The van der Waals surface area contributed by atoms with Crippen molar-refractivity contribution in [1.82, 2.24) is 10.6 Å². The highest BCUT2D eigenvalue weighted by Crippen LogP contribution is 2.45. The molecule has 2 amide bonds. The lowest BCUT2D eigenvalue weighted by molar-refractivity contribution is 0.0525. The van der Waals surface area contributed by atoms with Crippen molar-refractivity contribution >= 4 is 12.2 Å². The highest BCUT2D eigenvalue weighted by atomic mass is 16.6. The van der Waals surface area contributed by atoms with Crippen molar-refractivity contribution in [3.8, 4) is 0 Å².